The predicted molar refractivity (Wildman–Crippen MR) is 141 cm³/mol. The van der Waals surface area contributed by atoms with Crippen molar-refractivity contribution in [2.75, 3.05) is 23.3 Å². The van der Waals surface area contributed by atoms with Gasteiger partial charge in [-0.15, -0.1) is 0 Å². The molecule has 8 heteroatoms. The van der Waals surface area contributed by atoms with Crippen molar-refractivity contribution < 1.29 is 4.79 Å². The molecule has 2 N–H and O–H groups in total. The summed E-state index contributed by atoms with van der Waals surface area (Å²) in [5, 5.41) is 6.81. The molecule has 8 nitrogen and oxygen atoms in total. The molecule has 4 aromatic rings. The zero-order valence-corrected chi connectivity index (χ0v) is 20.2. The van der Waals surface area contributed by atoms with Crippen molar-refractivity contribution in [1.29, 1.82) is 0 Å². The van der Waals surface area contributed by atoms with Crippen LogP contribution in [0.25, 0.3) is 0 Å². The van der Waals surface area contributed by atoms with E-state index in [1.54, 1.807) is 6.20 Å². The highest BCUT2D eigenvalue weighted by Gasteiger charge is 2.23. The number of anilines is 2. The van der Waals surface area contributed by atoms with E-state index in [0.717, 1.165) is 44.6 Å². The van der Waals surface area contributed by atoms with Crippen LogP contribution in [0.5, 0.6) is 0 Å². The second-order valence-electron chi connectivity index (χ2n) is 9.07. The van der Waals surface area contributed by atoms with Crippen molar-refractivity contribution in [3.05, 3.63) is 103 Å². The number of imidazole rings is 1. The lowest BCUT2D eigenvalue weighted by atomic mass is 9.98. The van der Waals surface area contributed by atoms with E-state index in [2.05, 4.69) is 77.5 Å². The van der Waals surface area contributed by atoms with Crippen LogP contribution in [0.1, 0.15) is 41.4 Å². The van der Waals surface area contributed by atoms with Crippen LogP contribution in [0, 0.1) is 0 Å². The first kappa shape index (κ1) is 23.7. The lowest BCUT2D eigenvalue weighted by Gasteiger charge is -2.36. The van der Waals surface area contributed by atoms with Gasteiger partial charge >= 0.3 is 0 Å². The number of nitrogens with zero attached hydrogens (tertiary/aromatic N) is 5. The third-order valence-electron chi connectivity index (χ3n) is 6.66. The fourth-order valence-corrected chi connectivity index (χ4v) is 4.68. The largest absolute Gasteiger partial charge is 0.371 e. The molecule has 3 heterocycles. The molecule has 1 aliphatic rings. The van der Waals surface area contributed by atoms with Crippen LogP contribution in [-0.2, 0) is 6.54 Å². The van der Waals surface area contributed by atoms with E-state index in [1.807, 2.05) is 30.9 Å². The second-order valence-corrected chi connectivity index (χ2v) is 9.07. The summed E-state index contributed by atoms with van der Waals surface area (Å²) >= 11 is 0. The third kappa shape index (κ3) is 6.14. The molecule has 1 atom stereocenters. The molecule has 0 bridgehead atoms. The van der Waals surface area contributed by atoms with Crippen molar-refractivity contribution in [3.8, 4) is 0 Å². The zero-order valence-electron chi connectivity index (χ0n) is 20.2. The van der Waals surface area contributed by atoms with Crippen LogP contribution in [0.15, 0.2) is 91.9 Å². The van der Waals surface area contributed by atoms with Gasteiger partial charge in [0.25, 0.3) is 5.91 Å². The Morgan fingerprint density at radius 3 is 2.47 bits per heavy atom. The van der Waals surface area contributed by atoms with E-state index in [9.17, 15) is 4.79 Å². The Kier molecular flexibility index (Phi) is 7.63. The summed E-state index contributed by atoms with van der Waals surface area (Å²) < 4.78 is 2.14. The molecule has 0 spiro atoms. The van der Waals surface area contributed by atoms with Gasteiger partial charge in [-0.2, -0.15) is 0 Å². The summed E-state index contributed by atoms with van der Waals surface area (Å²) in [7, 11) is 0. The van der Waals surface area contributed by atoms with E-state index >= 15 is 0 Å². The summed E-state index contributed by atoms with van der Waals surface area (Å²) in [4.78, 5) is 26.9. The maximum absolute atomic E-state index is 12.3. The quantitative estimate of drug-likeness (QED) is 0.370. The molecule has 0 unspecified atom stereocenters. The number of aromatic nitrogens is 4. The first-order chi connectivity index (χ1) is 17.7. The first-order valence-electron chi connectivity index (χ1n) is 12.4. The van der Waals surface area contributed by atoms with E-state index in [1.165, 1.54) is 23.6 Å². The number of benzene rings is 2. The molecule has 2 aromatic heterocycles. The number of carbonyl (C=O) groups excluding carboxylic acids is 1. The number of hydrogen-bond acceptors (Lipinski definition) is 6. The van der Waals surface area contributed by atoms with Crippen LogP contribution in [0.3, 0.4) is 0 Å². The molecule has 1 saturated heterocycles. The van der Waals surface area contributed by atoms with Gasteiger partial charge in [0, 0.05) is 67.9 Å². The lowest BCUT2D eigenvalue weighted by molar-refractivity contribution is 0.102. The normalized spacial score (nSPS) is 14.9. The topological polar surface area (TPSA) is 88.0 Å². The zero-order chi connectivity index (χ0) is 24.6. The van der Waals surface area contributed by atoms with Gasteiger partial charge in [-0.25, -0.2) is 9.97 Å². The van der Waals surface area contributed by atoms with E-state index in [0.29, 0.717) is 17.8 Å². The number of nitrogens with one attached hydrogen (secondary N) is 2. The van der Waals surface area contributed by atoms with Crippen LogP contribution in [0.2, 0.25) is 0 Å². The molecule has 36 heavy (non-hydrogen) atoms. The van der Waals surface area contributed by atoms with Gasteiger partial charge < -0.3 is 20.1 Å². The molecule has 5 rings (SSSR count). The minimum atomic E-state index is -0.260. The van der Waals surface area contributed by atoms with Gasteiger partial charge in [-0.3, -0.25) is 9.78 Å². The van der Waals surface area contributed by atoms with E-state index in [4.69, 9.17) is 0 Å². The lowest BCUT2D eigenvalue weighted by Crippen LogP contribution is -2.44. The van der Waals surface area contributed by atoms with E-state index < -0.39 is 0 Å². The van der Waals surface area contributed by atoms with Gasteiger partial charge in [0.2, 0.25) is 0 Å². The molecule has 0 saturated carbocycles. The van der Waals surface area contributed by atoms with Gasteiger partial charge in [0.1, 0.15) is 5.69 Å². The monoisotopic (exact) mass is 481 g/mol. The predicted octanol–water partition coefficient (Wildman–Crippen LogP) is 4.32. The fraction of sp³-hybridized carbons (Fsp3) is 0.286. The molecular formula is C28H31N7O. The van der Waals surface area contributed by atoms with Crippen molar-refractivity contribution in [2.45, 2.75) is 37.9 Å². The number of carbonyl (C=O) groups is 1. The highest BCUT2D eigenvalue weighted by atomic mass is 16.1. The Balaban J connectivity index is 1.14. The Morgan fingerprint density at radius 2 is 1.78 bits per heavy atom. The Bertz CT molecular complexity index is 1210. The number of aryl methyl sites for hydroxylation is 1. The molecule has 0 aliphatic carbocycles. The number of piperidine rings is 1. The van der Waals surface area contributed by atoms with Crippen molar-refractivity contribution in [3.63, 3.8) is 0 Å². The molecule has 2 aromatic carbocycles. The molecular weight excluding hydrogens is 450 g/mol. The van der Waals surface area contributed by atoms with Crippen LogP contribution >= 0.6 is 0 Å². The smallest absolute Gasteiger partial charge is 0.275 e. The minimum absolute atomic E-state index is 0.260. The van der Waals surface area contributed by atoms with Gasteiger partial charge in [0.05, 0.1) is 12.5 Å². The maximum atomic E-state index is 12.3. The SMILES string of the molecule is O=C(Nc1ccc(N2CCC(N[C@H](CCn3ccnc3)c3ccccc3)CC2)cc1)c1cnccn1. The molecule has 1 amide bonds. The highest BCUT2D eigenvalue weighted by molar-refractivity contribution is 6.02. The van der Waals surface area contributed by atoms with Crippen LogP contribution in [-0.4, -0.2) is 44.6 Å². The molecule has 1 aliphatic heterocycles. The third-order valence-corrected chi connectivity index (χ3v) is 6.66. The summed E-state index contributed by atoms with van der Waals surface area (Å²) in [6.45, 7) is 2.92. The van der Waals surface area contributed by atoms with Gasteiger partial charge in [-0.1, -0.05) is 30.3 Å². The number of rotatable bonds is 9. The minimum Gasteiger partial charge on any atom is -0.371 e. The Hall–Kier alpha value is -4.04. The summed E-state index contributed by atoms with van der Waals surface area (Å²) in [5.41, 5.74) is 3.55. The maximum Gasteiger partial charge on any atom is 0.275 e. The fourth-order valence-electron chi connectivity index (χ4n) is 4.68. The van der Waals surface area contributed by atoms with Crippen molar-refractivity contribution in [2.24, 2.45) is 0 Å². The Labute approximate surface area is 211 Å². The summed E-state index contributed by atoms with van der Waals surface area (Å²) in [6.07, 6.45) is 13.4. The average Bonchev–Trinajstić information content (AvgIpc) is 3.47. The van der Waals surface area contributed by atoms with Crippen LogP contribution < -0.4 is 15.5 Å². The number of amides is 1. The first-order valence-corrected chi connectivity index (χ1v) is 12.4. The standard InChI is InChI=1S/C28H31N7O/c36-28(27-20-29-13-14-31-27)33-23-6-8-25(9-7-23)35-17-10-24(11-18-35)32-26(22-4-2-1-3-5-22)12-16-34-19-15-30-21-34/h1-9,13-15,19-21,24,26,32H,10-12,16-18H2,(H,33,36)/t26-/m1/s1. The second kappa shape index (κ2) is 11.6. The number of hydrogen-bond donors (Lipinski definition) is 2. The summed E-state index contributed by atoms with van der Waals surface area (Å²) in [5.74, 6) is -0.260. The molecule has 184 valence electrons. The average molecular weight is 482 g/mol. The summed E-state index contributed by atoms with van der Waals surface area (Å²) in [6, 6.07) is 19.5. The van der Waals surface area contributed by atoms with Gasteiger partial charge in [-0.05, 0) is 49.1 Å². The van der Waals surface area contributed by atoms with E-state index in [-0.39, 0.29) is 5.91 Å². The highest BCUT2D eigenvalue weighted by Crippen LogP contribution is 2.25. The van der Waals surface area contributed by atoms with Gasteiger partial charge in [0.15, 0.2) is 0 Å². The Morgan fingerprint density at radius 1 is 0.972 bits per heavy atom. The molecule has 0 radical (unpaired) electrons. The van der Waals surface area contributed by atoms with Crippen LogP contribution in [0.4, 0.5) is 11.4 Å². The van der Waals surface area contributed by atoms with Crippen molar-refractivity contribution in [1.82, 2.24) is 24.8 Å². The molecule has 1 fully saturated rings. The van der Waals surface area contributed by atoms with Crippen molar-refractivity contribution >= 4 is 17.3 Å².